The fourth-order valence-corrected chi connectivity index (χ4v) is 7.74. The molecule has 0 spiro atoms. The van der Waals surface area contributed by atoms with Gasteiger partial charge in [-0.25, -0.2) is 4.90 Å². The molecule has 6 rings (SSSR count). The molecule has 13 heteroatoms. The van der Waals surface area contributed by atoms with Crippen LogP contribution in [-0.2, 0) is 16.2 Å². The third kappa shape index (κ3) is 4.88. The number of thioether (sulfide) groups is 1. The number of benzene rings is 3. The number of nitrogens with zero attached hydrogens (tertiary/aromatic N) is 2. The number of hydrogen-bond donors (Lipinski definition) is 1. The zero-order chi connectivity index (χ0) is 28.8. The summed E-state index contributed by atoms with van der Waals surface area (Å²) >= 11 is 8.04. The van der Waals surface area contributed by atoms with E-state index in [1.807, 2.05) is 0 Å². The number of aromatic nitrogens is 1. The van der Waals surface area contributed by atoms with Gasteiger partial charge in [-0.15, -0.1) is 0 Å². The Kier molecular flexibility index (Phi) is 7.06. The number of thiazole rings is 1. The summed E-state index contributed by atoms with van der Waals surface area (Å²) in [6.07, 6.45) is 0. The lowest BCUT2D eigenvalue weighted by atomic mass is 9.82. The predicted molar refractivity (Wildman–Crippen MR) is 154 cm³/mol. The summed E-state index contributed by atoms with van der Waals surface area (Å²) in [5.41, 5.74) is 1.32. The molecule has 0 aliphatic carbocycles. The van der Waals surface area contributed by atoms with Gasteiger partial charge in [-0.05, 0) is 48.0 Å². The normalized spacial score (nSPS) is 19.6. The SMILES string of the molecule is COc1ccc(N2C(=O)[C@H]3[C@H](c4cc([N+](=O)[O-])ccc4OCc4ccc(Cl)cc4)c4sc(=O)[nH]c4S[C@H]3C2=O)cc1. The first kappa shape index (κ1) is 27.1. The van der Waals surface area contributed by atoms with Gasteiger partial charge >= 0.3 is 4.87 Å². The maximum Gasteiger partial charge on any atom is 0.305 e. The van der Waals surface area contributed by atoms with Crippen molar-refractivity contribution in [3.8, 4) is 11.5 Å². The average molecular weight is 610 g/mol. The van der Waals surface area contributed by atoms with Gasteiger partial charge in [0.05, 0.1) is 28.7 Å². The predicted octanol–water partition coefficient (Wildman–Crippen LogP) is 5.38. The van der Waals surface area contributed by atoms with Gasteiger partial charge in [0.25, 0.3) is 5.69 Å². The largest absolute Gasteiger partial charge is 0.497 e. The van der Waals surface area contributed by atoms with Crippen LogP contribution < -0.4 is 19.2 Å². The number of aromatic amines is 1. The molecule has 0 bridgehead atoms. The van der Waals surface area contributed by atoms with Crippen LogP contribution in [-0.4, -0.2) is 34.1 Å². The van der Waals surface area contributed by atoms with Crippen molar-refractivity contribution in [2.24, 2.45) is 5.92 Å². The van der Waals surface area contributed by atoms with E-state index < -0.39 is 33.8 Å². The van der Waals surface area contributed by atoms with Crippen molar-refractivity contribution in [1.29, 1.82) is 0 Å². The molecule has 10 nitrogen and oxygen atoms in total. The van der Waals surface area contributed by atoms with Crippen molar-refractivity contribution >= 4 is 57.9 Å². The van der Waals surface area contributed by atoms with Gasteiger partial charge in [0.2, 0.25) is 11.8 Å². The summed E-state index contributed by atoms with van der Waals surface area (Å²) in [7, 11) is 1.52. The number of nitrogens with one attached hydrogen (secondary N) is 1. The molecule has 3 heterocycles. The van der Waals surface area contributed by atoms with E-state index in [1.165, 1.54) is 25.3 Å². The standard InChI is InChI=1S/C28H20ClN3O7S2/c1-38-18-9-6-16(7-10-18)31-26(33)22-21(23-25(30-28(35)41-23)40-24(22)27(31)34)19-12-17(32(36)37)8-11-20(19)39-13-14-2-4-15(29)5-3-14/h2-12,21-22,24H,13H2,1H3,(H,30,35)/t21-,22-,24+/m0/s1. The third-order valence-corrected chi connectivity index (χ3v) is 9.65. The Bertz CT molecular complexity index is 1740. The smallest absolute Gasteiger partial charge is 0.305 e. The first-order chi connectivity index (χ1) is 19.7. The lowest BCUT2D eigenvalue weighted by Gasteiger charge is -2.30. The molecular weight excluding hydrogens is 590 g/mol. The number of carbonyl (C=O) groups is 2. The molecule has 0 unspecified atom stereocenters. The molecule has 0 saturated carbocycles. The number of fused-ring (bicyclic) bond motifs is 2. The molecule has 1 N–H and O–H groups in total. The number of amides is 2. The van der Waals surface area contributed by atoms with E-state index in [2.05, 4.69) is 4.98 Å². The Morgan fingerprint density at radius 2 is 1.76 bits per heavy atom. The van der Waals surface area contributed by atoms with Gasteiger partial charge in [-0.2, -0.15) is 0 Å². The number of rotatable bonds is 7. The highest BCUT2D eigenvalue weighted by Crippen LogP contribution is 2.55. The van der Waals surface area contributed by atoms with E-state index in [4.69, 9.17) is 21.1 Å². The third-order valence-electron chi connectivity index (χ3n) is 7.00. The van der Waals surface area contributed by atoms with Gasteiger partial charge in [-0.1, -0.05) is 46.8 Å². The number of anilines is 1. The van der Waals surface area contributed by atoms with Crippen molar-refractivity contribution in [1.82, 2.24) is 4.98 Å². The minimum absolute atomic E-state index is 0.124. The highest BCUT2D eigenvalue weighted by molar-refractivity contribution is 8.00. The van der Waals surface area contributed by atoms with Crippen LogP contribution in [0.2, 0.25) is 5.02 Å². The molecule has 3 aromatic carbocycles. The van der Waals surface area contributed by atoms with E-state index >= 15 is 0 Å². The van der Waals surface area contributed by atoms with Crippen LogP contribution in [0.4, 0.5) is 11.4 Å². The van der Waals surface area contributed by atoms with E-state index in [9.17, 15) is 24.5 Å². The first-order valence-electron chi connectivity index (χ1n) is 12.3. The first-order valence-corrected chi connectivity index (χ1v) is 14.4. The molecular formula is C28H20ClN3O7S2. The second kappa shape index (κ2) is 10.7. The van der Waals surface area contributed by atoms with Crippen LogP contribution in [0.15, 0.2) is 76.6 Å². The number of nitro groups is 1. The van der Waals surface area contributed by atoms with Crippen molar-refractivity contribution in [2.45, 2.75) is 22.8 Å². The average Bonchev–Trinajstić information content (AvgIpc) is 3.46. The number of imide groups is 1. The Balaban J connectivity index is 1.46. The lowest BCUT2D eigenvalue weighted by Crippen LogP contribution is -2.32. The summed E-state index contributed by atoms with van der Waals surface area (Å²) in [5.74, 6) is -1.82. The highest BCUT2D eigenvalue weighted by atomic mass is 35.5. The van der Waals surface area contributed by atoms with Crippen molar-refractivity contribution in [3.05, 3.63) is 108 Å². The Morgan fingerprint density at radius 3 is 2.44 bits per heavy atom. The number of H-pyrrole nitrogens is 1. The molecule has 4 aromatic rings. The Labute approximate surface area is 246 Å². The highest BCUT2D eigenvalue weighted by Gasteiger charge is 2.57. The molecule has 1 aromatic heterocycles. The number of nitro benzene ring substituents is 1. The minimum Gasteiger partial charge on any atom is -0.497 e. The molecule has 0 radical (unpaired) electrons. The zero-order valence-electron chi connectivity index (χ0n) is 21.2. The molecule has 208 valence electrons. The van der Waals surface area contributed by atoms with Crippen LogP contribution in [0.1, 0.15) is 21.9 Å². The molecule has 3 atom stereocenters. The number of hydrogen-bond acceptors (Lipinski definition) is 9. The van der Waals surface area contributed by atoms with Crippen LogP contribution >= 0.6 is 34.7 Å². The fourth-order valence-electron chi connectivity index (χ4n) is 5.10. The van der Waals surface area contributed by atoms with Crippen LogP contribution in [0.5, 0.6) is 11.5 Å². The van der Waals surface area contributed by atoms with Gasteiger partial charge < -0.3 is 14.5 Å². The second-order valence-electron chi connectivity index (χ2n) is 9.35. The van der Waals surface area contributed by atoms with E-state index in [0.717, 1.165) is 33.6 Å². The van der Waals surface area contributed by atoms with E-state index in [0.29, 0.717) is 37.7 Å². The topological polar surface area (TPSA) is 132 Å². The van der Waals surface area contributed by atoms with Crippen LogP contribution in [0.25, 0.3) is 0 Å². The fraction of sp³-hybridized carbons (Fsp3) is 0.179. The number of ether oxygens (including phenoxy) is 2. The Morgan fingerprint density at radius 1 is 1.02 bits per heavy atom. The molecule has 1 fully saturated rings. The van der Waals surface area contributed by atoms with Gasteiger partial charge in [0.15, 0.2) is 0 Å². The van der Waals surface area contributed by atoms with E-state index in [-0.39, 0.29) is 17.2 Å². The van der Waals surface area contributed by atoms with Gasteiger partial charge in [0, 0.05) is 33.5 Å². The Hall–Kier alpha value is -4.13. The molecule has 1 saturated heterocycles. The summed E-state index contributed by atoms with van der Waals surface area (Å²) in [5, 5.41) is 12.0. The number of methoxy groups -OCH3 is 1. The van der Waals surface area contributed by atoms with E-state index in [1.54, 1.807) is 48.5 Å². The maximum absolute atomic E-state index is 14.0. The van der Waals surface area contributed by atoms with Crippen LogP contribution in [0, 0.1) is 16.0 Å². The molecule has 2 aliphatic rings. The summed E-state index contributed by atoms with van der Waals surface area (Å²) in [6, 6.07) is 17.7. The maximum atomic E-state index is 14.0. The molecule has 2 amide bonds. The zero-order valence-corrected chi connectivity index (χ0v) is 23.6. The monoisotopic (exact) mass is 609 g/mol. The van der Waals surface area contributed by atoms with Crippen molar-refractivity contribution in [3.63, 3.8) is 0 Å². The van der Waals surface area contributed by atoms with Crippen LogP contribution in [0.3, 0.4) is 0 Å². The summed E-state index contributed by atoms with van der Waals surface area (Å²) < 4.78 is 11.3. The summed E-state index contributed by atoms with van der Waals surface area (Å²) in [6.45, 7) is 0.124. The number of carbonyl (C=O) groups excluding carboxylic acids is 2. The van der Waals surface area contributed by atoms with Crippen molar-refractivity contribution in [2.75, 3.05) is 12.0 Å². The molecule has 41 heavy (non-hydrogen) atoms. The van der Waals surface area contributed by atoms with Gasteiger partial charge in [0.1, 0.15) is 23.4 Å². The lowest BCUT2D eigenvalue weighted by molar-refractivity contribution is -0.385. The summed E-state index contributed by atoms with van der Waals surface area (Å²) in [4.78, 5) is 55.6. The number of halogens is 1. The van der Waals surface area contributed by atoms with Crippen molar-refractivity contribution < 1.29 is 24.0 Å². The quantitative estimate of drug-likeness (QED) is 0.168. The van der Waals surface area contributed by atoms with Gasteiger partial charge in [-0.3, -0.25) is 24.5 Å². The minimum atomic E-state index is -0.937. The second-order valence-corrected chi connectivity index (χ2v) is 12.0. The molecule has 2 aliphatic heterocycles. The number of non-ortho nitro benzene ring substituents is 1.